The highest BCUT2D eigenvalue weighted by Crippen LogP contribution is 2.50. The van der Waals surface area contributed by atoms with Gasteiger partial charge in [0.1, 0.15) is 0 Å². The minimum atomic E-state index is -0.0653. The van der Waals surface area contributed by atoms with E-state index in [9.17, 15) is 0 Å². The van der Waals surface area contributed by atoms with Crippen LogP contribution < -0.4 is 4.90 Å². The highest BCUT2D eigenvalue weighted by Gasteiger charge is 2.35. The van der Waals surface area contributed by atoms with Gasteiger partial charge in [-0.25, -0.2) is 0 Å². The summed E-state index contributed by atoms with van der Waals surface area (Å²) in [6, 6.07) is 60.1. The normalized spacial score (nSPS) is 13.2. The van der Waals surface area contributed by atoms with Crippen molar-refractivity contribution in [3.05, 3.63) is 175 Å². The second-order valence-electron chi connectivity index (χ2n) is 13.0. The largest absolute Gasteiger partial charge is 0.310 e. The molecule has 0 N–H and O–H groups in total. The summed E-state index contributed by atoms with van der Waals surface area (Å²) in [6.07, 6.45) is 0. The molecule has 0 fully saturated rings. The van der Waals surface area contributed by atoms with Crippen molar-refractivity contribution < 1.29 is 0 Å². The molecule has 0 bridgehead atoms. The number of hydrogen-bond acceptors (Lipinski definition) is 1. The van der Waals surface area contributed by atoms with Gasteiger partial charge in [0.05, 0.1) is 0 Å². The maximum absolute atomic E-state index is 2.41. The number of benzene rings is 8. The fraction of sp³-hybridized carbons (Fsp3) is 0.0667. The van der Waals surface area contributed by atoms with Gasteiger partial charge in [0, 0.05) is 22.5 Å². The summed E-state index contributed by atoms with van der Waals surface area (Å²) >= 11 is 0. The Kier molecular flexibility index (Phi) is 5.92. The van der Waals surface area contributed by atoms with Crippen LogP contribution in [-0.2, 0) is 5.41 Å². The van der Waals surface area contributed by atoms with Crippen molar-refractivity contribution in [1.29, 1.82) is 0 Å². The monoisotopic (exact) mass is 587 g/mol. The van der Waals surface area contributed by atoms with Crippen LogP contribution >= 0.6 is 0 Å². The zero-order valence-electron chi connectivity index (χ0n) is 26.0. The van der Waals surface area contributed by atoms with Crippen LogP contribution in [0.1, 0.15) is 25.0 Å². The maximum Gasteiger partial charge on any atom is 0.0467 e. The molecule has 0 aliphatic heterocycles. The topological polar surface area (TPSA) is 3.24 Å². The number of para-hydroxylation sites is 1. The minimum Gasteiger partial charge on any atom is -0.310 e. The van der Waals surface area contributed by atoms with Crippen molar-refractivity contribution in [3.63, 3.8) is 0 Å². The average molecular weight is 588 g/mol. The van der Waals surface area contributed by atoms with Crippen LogP contribution in [0.4, 0.5) is 17.1 Å². The fourth-order valence-corrected chi connectivity index (χ4v) is 7.77. The fourth-order valence-electron chi connectivity index (χ4n) is 7.77. The maximum atomic E-state index is 2.41. The summed E-state index contributed by atoms with van der Waals surface area (Å²) in [7, 11) is 0. The zero-order valence-corrected chi connectivity index (χ0v) is 26.0. The first kappa shape index (κ1) is 26.7. The quantitative estimate of drug-likeness (QED) is 0.185. The van der Waals surface area contributed by atoms with E-state index in [2.05, 4.69) is 183 Å². The first-order valence-electron chi connectivity index (χ1n) is 16.1. The van der Waals surface area contributed by atoms with Crippen LogP contribution in [0.15, 0.2) is 164 Å². The van der Waals surface area contributed by atoms with Gasteiger partial charge in [-0.3, -0.25) is 0 Å². The van der Waals surface area contributed by atoms with Crippen LogP contribution in [0.5, 0.6) is 0 Å². The van der Waals surface area contributed by atoms with E-state index < -0.39 is 0 Å². The lowest BCUT2D eigenvalue weighted by molar-refractivity contribution is 0.660. The van der Waals surface area contributed by atoms with E-state index in [0.717, 1.165) is 11.4 Å². The van der Waals surface area contributed by atoms with Crippen molar-refractivity contribution in [2.45, 2.75) is 19.3 Å². The summed E-state index contributed by atoms with van der Waals surface area (Å²) in [4.78, 5) is 2.40. The van der Waals surface area contributed by atoms with Crippen molar-refractivity contribution in [3.8, 4) is 22.3 Å². The number of nitrogens with zero attached hydrogens (tertiary/aromatic N) is 1. The first-order chi connectivity index (χ1) is 22.6. The molecule has 0 heterocycles. The summed E-state index contributed by atoms with van der Waals surface area (Å²) in [5.41, 5.74) is 11.2. The van der Waals surface area contributed by atoms with Crippen LogP contribution in [0.2, 0.25) is 0 Å². The Balaban J connectivity index is 1.20. The molecule has 0 spiro atoms. The Bertz CT molecular complexity index is 2420. The molecule has 0 saturated heterocycles. The lowest BCUT2D eigenvalue weighted by atomic mass is 9.82. The molecule has 0 amide bonds. The number of rotatable bonds is 4. The van der Waals surface area contributed by atoms with E-state index in [1.54, 1.807) is 0 Å². The molecule has 8 aromatic carbocycles. The minimum absolute atomic E-state index is 0.0653. The van der Waals surface area contributed by atoms with Gasteiger partial charge < -0.3 is 4.90 Å². The third-order valence-electron chi connectivity index (χ3n) is 10.0. The highest BCUT2D eigenvalue weighted by molar-refractivity contribution is 6.25. The Labute approximate surface area is 270 Å². The van der Waals surface area contributed by atoms with Gasteiger partial charge >= 0.3 is 0 Å². The van der Waals surface area contributed by atoms with Crippen molar-refractivity contribution >= 4 is 49.4 Å². The molecule has 0 saturated carbocycles. The molecular weight excluding hydrogens is 555 g/mol. The van der Waals surface area contributed by atoms with Crippen LogP contribution in [0, 0.1) is 0 Å². The van der Waals surface area contributed by atoms with Crippen molar-refractivity contribution in [2.24, 2.45) is 0 Å². The van der Waals surface area contributed by atoms with Gasteiger partial charge in [-0.2, -0.15) is 0 Å². The van der Waals surface area contributed by atoms with E-state index in [-0.39, 0.29) is 5.41 Å². The Hall–Kier alpha value is -5.66. The molecular formula is C45H33N. The van der Waals surface area contributed by atoms with E-state index >= 15 is 0 Å². The van der Waals surface area contributed by atoms with Gasteiger partial charge in [0.2, 0.25) is 0 Å². The van der Waals surface area contributed by atoms with Crippen LogP contribution in [0.3, 0.4) is 0 Å². The zero-order chi connectivity index (χ0) is 30.8. The standard InChI is InChI=1S/C45H33N/c1-45(2)43-22-11-10-21-40(43)41-26-24-34(29-44(41)45)46(32-14-4-3-5-15-32)33-16-12-13-30(27-33)31-23-25-39-37-19-7-6-17-35(37)36-18-8-9-20-38(36)42(39)28-31/h3-29H,1-2H3. The van der Waals surface area contributed by atoms with Gasteiger partial charge in [-0.05, 0) is 108 Å². The van der Waals surface area contributed by atoms with Crippen LogP contribution in [0.25, 0.3) is 54.6 Å². The van der Waals surface area contributed by atoms with E-state index in [0.29, 0.717) is 0 Å². The summed E-state index contributed by atoms with van der Waals surface area (Å²) < 4.78 is 0. The SMILES string of the molecule is CC1(C)c2ccccc2-c2ccc(N(c3ccccc3)c3cccc(-c4ccc5c6ccccc6c6ccccc6c5c4)c3)cc21. The highest BCUT2D eigenvalue weighted by atomic mass is 15.1. The molecule has 9 rings (SSSR count). The molecule has 46 heavy (non-hydrogen) atoms. The summed E-state index contributed by atoms with van der Waals surface area (Å²) in [5.74, 6) is 0. The second-order valence-corrected chi connectivity index (χ2v) is 13.0. The van der Waals surface area contributed by atoms with Crippen molar-refractivity contribution in [1.82, 2.24) is 0 Å². The predicted molar refractivity (Wildman–Crippen MR) is 197 cm³/mol. The Morgan fingerprint density at radius 1 is 0.348 bits per heavy atom. The van der Waals surface area contributed by atoms with Gasteiger partial charge in [0.15, 0.2) is 0 Å². The van der Waals surface area contributed by atoms with Gasteiger partial charge in [-0.15, -0.1) is 0 Å². The number of anilines is 3. The molecule has 1 aliphatic rings. The molecule has 1 nitrogen and oxygen atoms in total. The third kappa shape index (κ3) is 4.02. The summed E-state index contributed by atoms with van der Waals surface area (Å²) in [5, 5.41) is 7.78. The summed E-state index contributed by atoms with van der Waals surface area (Å²) in [6.45, 7) is 4.70. The van der Waals surface area contributed by atoms with Gasteiger partial charge in [-0.1, -0.05) is 135 Å². The lowest BCUT2D eigenvalue weighted by Crippen LogP contribution is -2.16. The second kappa shape index (κ2) is 10.2. The number of fused-ring (bicyclic) bond motifs is 9. The molecule has 8 aromatic rings. The molecule has 0 aromatic heterocycles. The lowest BCUT2D eigenvalue weighted by Gasteiger charge is -2.28. The van der Waals surface area contributed by atoms with E-state index in [4.69, 9.17) is 0 Å². The molecule has 1 heteroatoms. The first-order valence-corrected chi connectivity index (χ1v) is 16.1. The molecule has 0 unspecified atom stereocenters. The van der Waals surface area contributed by atoms with E-state index in [1.807, 2.05) is 0 Å². The third-order valence-corrected chi connectivity index (χ3v) is 10.0. The molecule has 218 valence electrons. The molecule has 0 radical (unpaired) electrons. The molecule has 0 atom stereocenters. The van der Waals surface area contributed by atoms with E-state index in [1.165, 1.54) is 71.4 Å². The Morgan fingerprint density at radius 2 is 0.891 bits per heavy atom. The van der Waals surface area contributed by atoms with Crippen molar-refractivity contribution in [2.75, 3.05) is 4.90 Å². The number of hydrogen-bond donors (Lipinski definition) is 0. The average Bonchev–Trinajstić information content (AvgIpc) is 3.34. The molecule has 1 aliphatic carbocycles. The Morgan fingerprint density at radius 3 is 1.63 bits per heavy atom. The smallest absolute Gasteiger partial charge is 0.0467 e. The predicted octanol–water partition coefficient (Wildman–Crippen LogP) is 12.6. The van der Waals surface area contributed by atoms with Gasteiger partial charge in [0.25, 0.3) is 0 Å². The van der Waals surface area contributed by atoms with Crippen LogP contribution in [-0.4, -0.2) is 0 Å².